The third kappa shape index (κ3) is 5.44. The summed E-state index contributed by atoms with van der Waals surface area (Å²) in [6.07, 6.45) is -0.870. The number of nitrogens with zero attached hydrogens (tertiary/aromatic N) is 2. The van der Waals surface area contributed by atoms with Crippen LogP contribution in [0.25, 0.3) is 0 Å². The number of unbranched alkanes of at least 4 members (excludes halogenated alkanes) is 1. The molecule has 3 nitrogen and oxygen atoms in total. The van der Waals surface area contributed by atoms with Crippen LogP contribution in [0.5, 0.6) is 0 Å². The molecule has 0 amide bonds. The Balaban J connectivity index is 2.26. The highest BCUT2D eigenvalue weighted by Gasteiger charge is 2.25. The molecule has 0 aliphatic heterocycles. The largest absolute Gasteiger partial charge is 0.389 e. The zero-order chi connectivity index (χ0) is 13.6. The molecule has 102 valence electrons. The second-order valence-electron chi connectivity index (χ2n) is 4.28. The van der Waals surface area contributed by atoms with E-state index in [1.807, 2.05) is 13.8 Å². The van der Waals surface area contributed by atoms with Gasteiger partial charge in [0.25, 0.3) is 0 Å². The lowest BCUT2D eigenvalue weighted by Gasteiger charge is -2.14. The first-order valence-corrected chi connectivity index (χ1v) is 5.98. The van der Waals surface area contributed by atoms with Gasteiger partial charge in [-0.3, -0.25) is 9.97 Å². The molecule has 0 aliphatic carbocycles. The first kappa shape index (κ1) is 14.9. The number of alkyl halides is 3. The van der Waals surface area contributed by atoms with E-state index >= 15 is 0 Å². The second-order valence-corrected chi connectivity index (χ2v) is 4.28. The van der Waals surface area contributed by atoms with Crippen molar-refractivity contribution >= 4 is 0 Å². The molecule has 1 rings (SSSR count). The zero-order valence-corrected chi connectivity index (χ0v) is 10.6. The topological polar surface area (TPSA) is 37.8 Å². The molecular weight excluding hydrogens is 243 g/mol. The molecule has 0 aromatic carbocycles. The van der Waals surface area contributed by atoms with Crippen molar-refractivity contribution < 1.29 is 13.2 Å². The number of hydrogen-bond acceptors (Lipinski definition) is 3. The fourth-order valence-electron chi connectivity index (χ4n) is 1.71. The summed E-state index contributed by atoms with van der Waals surface area (Å²) in [7, 11) is 0. The van der Waals surface area contributed by atoms with Gasteiger partial charge in [0.2, 0.25) is 0 Å². The van der Waals surface area contributed by atoms with Crippen molar-refractivity contribution in [3.05, 3.63) is 23.8 Å². The number of aryl methyl sites for hydroxylation is 1. The fourth-order valence-corrected chi connectivity index (χ4v) is 1.71. The van der Waals surface area contributed by atoms with E-state index in [0.717, 1.165) is 11.4 Å². The van der Waals surface area contributed by atoms with Gasteiger partial charge in [0, 0.05) is 24.9 Å². The van der Waals surface area contributed by atoms with Crippen LogP contribution < -0.4 is 5.32 Å². The first-order valence-electron chi connectivity index (χ1n) is 5.98. The molecule has 1 heterocycles. The molecule has 1 N–H and O–H groups in total. The van der Waals surface area contributed by atoms with Gasteiger partial charge in [-0.15, -0.1) is 0 Å². The molecule has 0 aliphatic rings. The predicted molar refractivity (Wildman–Crippen MR) is 63.1 cm³/mol. The van der Waals surface area contributed by atoms with Crippen molar-refractivity contribution in [3.8, 4) is 0 Å². The van der Waals surface area contributed by atoms with Crippen LogP contribution in [0.4, 0.5) is 13.2 Å². The van der Waals surface area contributed by atoms with Gasteiger partial charge in [-0.05, 0) is 33.2 Å². The van der Waals surface area contributed by atoms with Gasteiger partial charge < -0.3 is 5.32 Å². The highest BCUT2D eigenvalue weighted by Crippen LogP contribution is 2.22. The fraction of sp³-hybridized carbons (Fsp3) is 0.667. The van der Waals surface area contributed by atoms with Crippen LogP contribution >= 0.6 is 0 Å². The second kappa shape index (κ2) is 6.68. The lowest BCUT2D eigenvalue weighted by atomic mass is 10.1. The van der Waals surface area contributed by atoms with E-state index in [4.69, 9.17) is 0 Å². The summed E-state index contributed by atoms with van der Waals surface area (Å²) in [5.74, 6) is 0. The van der Waals surface area contributed by atoms with Crippen molar-refractivity contribution in [2.45, 2.75) is 45.3 Å². The molecule has 1 aromatic rings. The number of hydrogen-bond donors (Lipinski definition) is 1. The van der Waals surface area contributed by atoms with Gasteiger partial charge in [-0.25, -0.2) is 0 Å². The van der Waals surface area contributed by atoms with Gasteiger partial charge in [0.05, 0.1) is 11.4 Å². The summed E-state index contributed by atoms with van der Waals surface area (Å²) in [5, 5.41) is 3.16. The number of aromatic nitrogens is 2. The van der Waals surface area contributed by atoms with E-state index < -0.39 is 12.6 Å². The zero-order valence-electron chi connectivity index (χ0n) is 10.6. The molecule has 6 heteroatoms. The molecule has 0 fully saturated rings. The van der Waals surface area contributed by atoms with Crippen molar-refractivity contribution in [1.82, 2.24) is 15.3 Å². The van der Waals surface area contributed by atoms with Gasteiger partial charge in [-0.2, -0.15) is 13.2 Å². The van der Waals surface area contributed by atoms with E-state index in [1.165, 1.54) is 0 Å². The minimum absolute atomic E-state index is 0.00425. The number of halogens is 3. The standard InChI is InChI=1S/C12H18F3N3/c1-9(11-10(2)17-7-8-18-11)16-6-4-3-5-12(13,14)15/h7-9,16H,3-6H2,1-2H3. The monoisotopic (exact) mass is 261 g/mol. The van der Waals surface area contributed by atoms with E-state index in [-0.39, 0.29) is 12.5 Å². The Hall–Kier alpha value is -1.17. The van der Waals surface area contributed by atoms with E-state index in [0.29, 0.717) is 13.0 Å². The van der Waals surface area contributed by atoms with E-state index in [1.54, 1.807) is 12.4 Å². The first-order chi connectivity index (χ1) is 8.40. The molecule has 0 saturated heterocycles. The quantitative estimate of drug-likeness (QED) is 0.799. The summed E-state index contributed by atoms with van der Waals surface area (Å²) in [6.45, 7) is 4.35. The van der Waals surface area contributed by atoms with Gasteiger partial charge in [-0.1, -0.05) is 0 Å². The average Bonchev–Trinajstić information content (AvgIpc) is 2.27. The molecular formula is C12H18F3N3. The van der Waals surface area contributed by atoms with Gasteiger partial charge >= 0.3 is 6.18 Å². The summed E-state index contributed by atoms with van der Waals surface area (Å²) in [6, 6.07) is 0.00425. The normalized spacial score (nSPS) is 13.6. The Bertz CT molecular complexity index is 366. The van der Waals surface area contributed by atoms with Crippen molar-refractivity contribution in [2.75, 3.05) is 6.54 Å². The lowest BCUT2D eigenvalue weighted by Crippen LogP contribution is -2.22. The maximum absolute atomic E-state index is 11.9. The SMILES string of the molecule is Cc1nccnc1C(C)NCCCCC(F)(F)F. The lowest BCUT2D eigenvalue weighted by molar-refractivity contribution is -0.135. The van der Waals surface area contributed by atoms with Crippen molar-refractivity contribution in [2.24, 2.45) is 0 Å². The molecule has 1 aromatic heterocycles. The van der Waals surface area contributed by atoms with Crippen LogP contribution in [0.2, 0.25) is 0 Å². The highest BCUT2D eigenvalue weighted by atomic mass is 19.4. The van der Waals surface area contributed by atoms with Crippen LogP contribution in [0.3, 0.4) is 0 Å². The van der Waals surface area contributed by atoms with Gasteiger partial charge in [0.1, 0.15) is 0 Å². The van der Waals surface area contributed by atoms with Crippen molar-refractivity contribution in [3.63, 3.8) is 0 Å². The summed E-state index contributed by atoms with van der Waals surface area (Å²) in [5.41, 5.74) is 1.68. The molecule has 0 saturated carbocycles. The van der Waals surface area contributed by atoms with Gasteiger partial charge in [0.15, 0.2) is 0 Å². The molecule has 1 unspecified atom stereocenters. The Morgan fingerprint density at radius 1 is 1.22 bits per heavy atom. The Morgan fingerprint density at radius 2 is 1.89 bits per heavy atom. The molecule has 18 heavy (non-hydrogen) atoms. The predicted octanol–water partition coefficient (Wildman–Crippen LogP) is 3.17. The average molecular weight is 261 g/mol. The van der Waals surface area contributed by atoms with Crippen LogP contribution in [0.1, 0.15) is 43.6 Å². The maximum atomic E-state index is 11.9. The molecule has 0 bridgehead atoms. The Labute approximate surface area is 105 Å². The van der Waals surface area contributed by atoms with E-state index in [9.17, 15) is 13.2 Å². The summed E-state index contributed by atoms with van der Waals surface area (Å²) >= 11 is 0. The molecule has 0 spiro atoms. The minimum atomic E-state index is -4.05. The Morgan fingerprint density at radius 3 is 2.50 bits per heavy atom. The third-order valence-electron chi connectivity index (χ3n) is 2.67. The van der Waals surface area contributed by atoms with Crippen molar-refractivity contribution in [1.29, 1.82) is 0 Å². The van der Waals surface area contributed by atoms with Crippen LogP contribution in [-0.4, -0.2) is 22.7 Å². The minimum Gasteiger partial charge on any atom is -0.309 e. The summed E-state index contributed by atoms with van der Waals surface area (Å²) in [4.78, 5) is 8.34. The maximum Gasteiger partial charge on any atom is 0.389 e. The molecule has 1 atom stereocenters. The van der Waals surface area contributed by atoms with Crippen LogP contribution in [-0.2, 0) is 0 Å². The molecule has 0 radical (unpaired) electrons. The van der Waals surface area contributed by atoms with Crippen LogP contribution in [0.15, 0.2) is 12.4 Å². The van der Waals surface area contributed by atoms with Crippen LogP contribution in [0, 0.1) is 6.92 Å². The number of rotatable bonds is 6. The smallest absolute Gasteiger partial charge is 0.309 e. The summed E-state index contributed by atoms with van der Waals surface area (Å²) < 4.78 is 35.8. The highest BCUT2D eigenvalue weighted by molar-refractivity contribution is 5.12. The third-order valence-corrected chi connectivity index (χ3v) is 2.67. The van der Waals surface area contributed by atoms with E-state index in [2.05, 4.69) is 15.3 Å². The number of nitrogens with one attached hydrogen (secondary N) is 1. The Kier molecular flexibility index (Phi) is 5.53.